The normalized spacial score (nSPS) is 13.9. The van der Waals surface area contributed by atoms with Gasteiger partial charge in [0.25, 0.3) is 0 Å². The smallest absolute Gasteiger partial charge is 0.311 e. The van der Waals surface area contributed by atoms with Crippen molar-refractivity contribution in [2.75, 3.05) is 6.61 Å². The molecule has 0 saturated carbocycles. The minimum absolute atomic E-state index is 0.160. The highest BCUT2D eigenvalue weighted by Crippen LogP contribution is 2.08. The monoisotopic (exact) mass is 205 g/mol. The van der Waals surface area contributed by atoms with Crippen LogP contribution in [0.5, 0.6) is 0 Å². The Kier molecular flexibility index (Phi) is 6.44. The van der Waals surface area contributed by atoms with Gasteiger partial charge in [0.1, 0.15) is 5.37 Å². The molecule has 0 heterocycles. The van der Waals surface area contributed by atoms with Gasteiger partial charge in [-0.2, -0.15) is 0 Å². The summed E-state index contributed by atoms with van der Waals surface area (Å²) in [6.07, 6.45) is 0.160. The van der Waals surface area contributed by atoms with E-state index in [1.54, 1.807) is 12.3 Å². The lowest BCUT2D eigenvalue weighted by Gasteiger charge is -2.02. The molecule has 0 saturated heterocycles. The first-order chi connectivity index (χ1) is 6.06. The third kappa shape index (κ3) is 7.67. The van der Waals surface area contributed by atoms with Gasteiger partial charge in [0.15, 0.2) is 0 Å². The molecule has 1 atom stereocenters. The van der Waals surface area contributed by atoms with Crippen molar-refractivity contribution in [3.8, 4) is 0 Å². The van der Waals surface area contributed by atoms with E-state index in [2.05, 4.69) is 5.73 Å². The van der Waals surface area contributed by atoms with Crippen molar-refractivity contribution in [2.24, 2.45) is 5.73 Å². The molecule has 0 aromatic rings. The Morgan fingerprint density at radius 1 is 1.77 bits per heavy atom. The third-order valence-electron chi connectivity index (χ3n) is 1.11. The van der Waals surface area contributed by atoms with Gasteiger partial charge in [-0.15, -0.1) is 0 Å². The summed E-state index contributed by atoms with van der Waals surface area (Å²) < 4.78 is 4.73. The molecule has 0 bridgehead atoms. The number of ether oxygens (including phenoxy) is 1. The summed E-state index contributed by atoms with van der Waals surface area (Å²) in [5, 5.41) is 1.98. The highest BCUT2D eigenvalue weighted by molar-refractivity contribution is 8.02. The first kappa shape index (κ1) is 12.3. The zero-order valence-corrected chi connectivity index (χ0v) is 8.89. The third-order valence-corrected chi connectivity index (χ3v) is 2.01. The largest absolute Gasteiger partial charge is 0.466 e. The van der Waals surface area contributed by atoms with Crippen molar-refractivity contribution in [1.82, 2.24) is 0 Å². The molecule has 0 aliphatic heterocycles. The molecule has 0 aromatic carbocycles. The van der Waals surface area contributed by atoms with Gasteiger partial charge >= 0.3 is 5.97 Å². The van der Waals surface area contributed by atoms with Crippen LogP contribution in [0.4, 0.5) is 0 Å². The minimum atomic E-state index is -0.284. The lowest BCUT2D eigenvalue weighted by molar-refractivity contribution is -0.379. The van der Waals surface area contributed by atoms with Crippen LogP contribution in [-0.2, 0) is 9.53 Å². The van der Waals surface area contributed by atoms with E-state index in [0.717, 1.165) is 0 Å². The van der Waals surface area contributed by atoms with Gasteiger partial charge < -0.3 is 16.2 Å². The minimum Gasteiger partial charge on any atom is -0.466 e. The maximum absolute atomic E-state index is 10.9. The van der Waals surface area contributed by atoms with E-state index in [4.69, 9.17) is 10.5 Å². The highest BCUT2D eigenvalue weighted by Gasteiger charge is 2.03. The van der Waals surface area contributed by atoms with Crippen LogP contribution in [0.2, 0.25) is 0 Å². The van der Waals surface area contributed by atoms with Gasteiger partial charge in [-0.25, -0.2) is 0 Å². The molecular formula is C8H17N2O2S+. The maximum atomic E-state index is 10.9. The second kappa shape index (κ2) is 6.80. The fourth-order valence-electron chi connectivity index (χ4n) is 0.624. The molecule has 1 unspecified atom stereocenters. The van der Waals surface area contributed by atoms with Crippen LogP contribution in [0.3, 0.4) is 0 Å². The number of esters is 1. The predicted molar refractivity (Wildman–Crippen MR) is 53.5 cm³/mol. The fraction of sp³-hybridized carbons (Fsp3) is 0.625. The second-order valence-electron chi connectivity index (χ2n) is 2.62. The molecule has 0 rings (SSSR count). The van der Waals surface area contributed by atoms with E-state index in [0.29, 0.717) is 12.3 Å². The number of carbonyl (C=O) groups excluding carboxylic acids is 1. The number of rotatable bonds is 5. The van der Waals surface area contributed by atoms with E-state index < -0.39 is 0 Å². The van der Waals surface area contributed by atoms with E-state index in [1.807, 2.05) is 6.92 Å². The van der Waals surface area contributed by atoms with Crippen molar-refractivity contribution in [3.05, 3.63) is 11.1 Å². The zero-order chi connectivity index (χ0) is 10.3. The molecule has 0 aliphatic rings. The fourth-order valence-corrected chi connectivity index (χ4v) is 1.11. The van der Waals surface area contributed by atoms with Crippen molar-refractivity contribution in [1.29, 1.82) is 0 Å². The van der Waals surface area contributed by atoms with E-state index in [-0.39, 0.29) is 17.8 Å². The molecule has 13 heavy (non-hydrogen) atoms. The predicted octanol–water partition coefficient (Wildman–Crippen LogP) is 0.0608. The summed E-state index contributed by atoms with van der Waals surface area (Å²) in [6, 6.07) is 0. The van der Waals surface area contributed by atoms with E-state index >= 15 is 0 Å². The van der Waals surface area contributed by atoms with Crippen molar-refractivity contribution >= 4 is 17.7 Å². The maximum Gasteiger partial charge on any atom is 0.311 e. The van der Waals surface area contributed by atoms with Gasteiger partial charge in [-0.05, 0) is 19.3 Å². The Bertz CT molecular complexity index is 193. The molecule has 0 aliphatic carbocycles. The van der Waals surface area contributed by atoms with Crippen LogP contribution in [-0.4, -0.2) is 18.0 Å². The lowest BCUT2D eigenvalue weighted by Crippen LogP contribution is -2.56. The molecule has 5 N–H and O–H groups in total. The molecule has 0 aromatic heterocycles. The average Bonchev–Trinajstić information content (AvgIpc) is 2.01. The van der Waals surface area contributed by atoms with Gasteiger partial charge in [0.2, 0.25) is 0 Å². The average molecular weight is 205 g/mol. The van der Waals surface area contributed by atoms with Crippen LogP contribution < -0.4 is 11.5 Å². The van der Waals surface area contributed by atoms with Crippen molar-refractivity contribution < 1.29 is 15.3 Å². The summed E-state index contributed by atoms with van der Waals surface area (Å²) in [5.41, 5.74) is 9.86. The van der Waals surface area contributed by atoms with Crippen LogP contribution in [0.15, 0.2) is 11.1 Å². The number of thioether (sulfide) groups is 1. The van der Waals surface area contributed by atoms with Gasteiger partial charge in [0.05, 0.1) is 13.0 Å². The summed E-state index contributed by atoms with van der Waals surface area (Å²) in [7, 11) is 0. The molecule has 0 radical (unpaired) electrons. The summed E-state index contributed by atoms with van der Waals surface area (Å²) in [4.78, 5) is 10.9. The van der Waals surface area contributed by atoms with Crippen LogP contribution in [0.25, 0.3) is 0 Å². The van der Waals surface area contributed by atoms with Gasteiger partial charge in [0, 0.05) is 5.70 Å². The topological polar surface area (TPSA) is 80.0 Å². The Hall–Kier alpha value is -0.680. The zero-order valence-electron chi connectivity index (χ0n) is 8.08. The summed E-state index contributed by atoms with van der Waals surface area (Å²) >= 11 is 1.49. The molecular weight excluding hydrogens is 188 g/mol. The molecule has 4 nitrogen and oxygen atoms in total. The first-order valence-corrected chi connectivity index (χ1v) is 5.09. The number of hydrogen-bond acceptors (Lipinski definition) is 4. The Labute approximate surface area is 82.7 Å². The molecule has 5 heteroatoms. The second-order valence-corrected chi connectivity index (χ2v) is 3.93. The number of carbonyl (C=O) groups is 1. The highest BCUT2D eigenvalue weighted by atomic mass is 32.2. The lowest BCUT2D eigenvalue weighted by atomic mass is 10.3. The molecule has 0 spiro atoms. The van der Waals surface area contributed by atoms with Crippen LogP contribution >= 0.6 is 11.8 Å². The Morgan fingerprint density at radius 3 is 2.85 bits per heavy atom. The number of hydrogen-bond donors (Lipinski definition) is 2. The van der Waals surface area contributed by atoms with E-state index in [1.165, 1.54) is 11.8 Å². The van der Waals surface area contributed by atoms with Crippen LogP contribution in [0, 0.1) is 0 Å². The van der Waals surface area contributed by atoms with Crippen LogP contribution in [0.1, 0.15) is 20.3 Å². The van der Waals surface area contributed by atoms with Crippen molar-refractivity contribution in [3.63, 3.8) is 0 Å². The van der Waals surface area contributed by atoms with Crippen molar-refractivity contribution in [2.45, 2.75) is 25.6 Å². The van der Waals surface area contributed by atoms with Gasteiger partial charge in [-0.1, -0.05) is 11.8 Å². The Balaban J connectivity index is 3.77. The first-order valence-electron chi connectivity index (χ1n) is 4.15. The molecule has 0 amide bonds. The number of nitrogens with two attached hydrogens (primary N) is 1. The molecule has 0 fully saturated rings. The SMILES string of the molecule is CCOC(=O)CC(N)=CSC(C)[NH3+]. The summed E-state index contributed by atoms with van der Waals surface area (Å²) in [6.45, 7) is 4.12. The quantitative estimate of drug-likeness (QED) is 0.491. The standard InChI is InChI=1S/C8H16N2O2S/c1-3-12-8(11)4-7(10)5-13-6(2)9/h5-6H,3-4,9-10H2,1-2H3/p+1. The Morgan fingerprint density at radius 2 is 2.38 bits per heavy atom. The number of quaternary nitrogens is 1. The van der Waals surface area contributed by atoms with Gasteiger partial charge in [-0.3, -0.25) is 4.79 Å². The van der Waals surface area contributed by atoms with E-state index in [9.17, 15) is 4.79 Å². The summed E-state index contributed by atoms with van der Waals surface area (Å²) in [5.74, 6) is -0.284. The molecule has 76 valence electrons.